The molecule has 0 radical (unpaired) electrons. The van der Waals surface area contributed by atoms with E-state index in [0.717, 1.165) is 24.4 Å². The van der Waals surface area contributed by atoms with Crippen molar-refractivity contribution >= 4 is 28.3 Å². The van der Waals surface area contributed by atoms with Crippen LogP contribution < -0.4 is 10.6 Å². The van der Waals surface area contributed by atoms with Gasteiger partial charge in [0.1, 0.15) is 5.54 Å². The van der Waals surface area contributed by atoms with Crippen LogP contribution in [-0.2, 0) is 14.3 Å². The molecule has 1 aliphatic heterocycles. The van der Waals surface area contributed by atoms with Gasteiger partial charge in [0.2, 0.25) is 11.8 Å². The van der Waals surface area contributed by atoms with Gasteiger partial charge in [-0.25, -0.2) is 4.98 Å². The summed E-state index contributed by atoms with van der Waals surface area (Å²) in [4.78, 5) is 31.5. The molecule has 1 saturated carbocycles. The molecule has 0 atom stereocenters. The second-order valence-corrected chi connectivity index (χ2v) is 7.64. The smallest absolute Gasteiger partial charge is 0.245 e. The van der Waals surface area contributed by atoms with E-state index in [4.69, 9.17) is 4.74 Å². The predicted octanol–water partition coefficient (Wildman–Crippen LogP) is 1.48. The number of hydrogen-bond donors (Lipinski definition) is 2. The molecule has 1 saturated heterocycles. The van der Waals surface area contributed by atoms with E-state index < -0.39 is 5.54 Å². The van der Waals surface area contributed by atoms with Crippen LogP contribution in [0.3, 0.4) is 0 Å². The Labute approximate surface area is 152 Å². The molecular formula is C17H26N4O3S. The first-order valence-corrected chi connectivity index (χ1v) is 9.76. The van der Waals surface area contributed by atoms with E-state index >= 15 is 0 Å². The fraction of sp³-hybridized carbons (Fsp3) is 0.706. The SMILES string of the molecule is COCCNC(=O)C1(Nc2nccs2)CCN(C(=O)C2CCC2)CC1. The van der Waals surface area contributed by atoms with Crippen LogP contribution in [0.2, 0.25) is 0 Å². The summed E-state index contributed by atoms with van der Waals surface area (Å²) in [5, 5.41) is 8.90. The van der Waals surface area contributed by atoms with Gasteiger partial charge in [-0.15, -0.1) is 11.3 Å². The van der Waals surface area contributed by atoms with Crippen molar-refractivity contribution in [2.45, 2.75) is 37.6 Å². The quantitative estimate of drug-likeness (QED) is 0.714. The highest BCUT2D eigenvalue weighted by Gasteiger charge is 2.43. The van der Waals surface area contributed by atoms with Gasteiger partial charge in [0.15, 0.2) is 5.13 Å². The number of methoxy groups -OCH3 is 1. The van der Waals surface area contributed by atoms with E-state index in [-0.39, 0.29) is 17.7 Å². The summed E-state index contributed by atoms with van der Waals surface area (Å²) in [7, 11) is 1.61. The van der Waals surface area contributed by atoms with E-state index in [1.807, 2.05) is 10.3 Å². The van der Waals surface area contributed by atoms with Crippen LogP contribution in [0.4, 0.5) is 5.13 Å². The Hall–Kier alpha value is -1.67. The van der Waals surface area contributed by atoms with Crippen LogP contribution in [0.25, 0.3) is 0 Å². The molecule has 0 bridgehead atoms. The molecule has 2 heterocycles. The molecule has 2 N–H and O–H groups in total. The van der Waals surface area contributed by atoms with Crippen molar-refractivity contribution in [2.24, 2.45) is 5.92 Å². The molecule has 0 spiro atoms. The first kappa shape index (κ1) is 18.1. The molecule has 2 amide bonds. The summed E-state index contributed by atoms with van der Waals surface area (Å²) in [6, 6.07) is 0. The van der Waals surface area contributed by atoms with E-state index in [1.54, 1.807) is 13.3 Å². The van der Waals surface area contributed by atoms with Crippen LogP contribution in [0.5, 0.6) is 0 Å². The fourth-order valence-corrected chi connectivity index (χ4v) is 3.98. The van der Waals surface area contributed by atoms with Gasteiger partial charge in [-0.05, 0) is 25.7 Å². The second-order valence-electron chi connectivity index (χ2n) is 6.75. The van der Waals surface area contributed by atoms with Crippen molar-refractivity contribution in [3.63, 3.8) is 0 Å². The van der Waals surface area contributed by atoms with Crippen LogP contribution in [-0.4, -0.2) is 60.6 Å². The Morgan fingerprint density at radius 1 is 1.40 bits per heavy atom. The van der Waals surface area contributed by atoms with E-state index in [1.165, 1.54) is 11.3 Å². The largest absolute Gasteiger partial charge is 0.383 e. The maximum Gasteiger partial charge on any atom is 0.245 e. The van der Waals surface area contributed by atoms with Gasteiger partial charge in [-0.3, -0.25) is 9.59 Å². The minimum Gasteiger partial charge on any atom is -0.383 e. The first-order chi connectivity index (χ1) is 12.1. The summed E-state index contributed by atoms with van der Waals surface area (Å²) in [6.07, 6.45) is 6.07. The number of ether oxygens (including phenoxy) is 1. The highest BCUT2D eigenvalue weighted by molar-refractivity contribution is 7.13. The second kappa shape index (κ2) is 8.14. The Kier molecular flexibility index (Phi) is 5.90. The number of carbonyl (C=O) groups excluding carboxylic acids is 2. The van der Waals surface area contributed by atoms with E-state index in [0.29, 0.717) is 39.1 Å². The van der Waals surface area contributed by atoms with Crippen molar-refractivity contribution in [3.8, 4) is 0 Å². The molecule has 1 aliphatic carbocycles. The highest BCUT2D eigenvalue weighted by atomic mass is 32.1. The van der Waals surface area contributed by atoms with Gasteiger partial charge in [0.05, 0.1) is 6.61 Å². The zero-order valence-electron chi connectivity index (χ0n) is 14.6. The third-order valence-electron chi connectivity index (χ3n) is 5.19. The zero-order valence-corrected chi connectivity index (χ0v) is 15.4. The van der Waals surface area contributed by atoms with Gasteiger partial charge in [0, 0.05) is 44.2 Å². The van der Waals surface area contributed by atoms with Gasteiger partial charge in [-0.2, -0.15) is 0 Å². The first-order valence-electron chi connectivity index (χ1n) is 8.88. The summed E-state index contributed by atoms with van der Waals surface area (Å²) >= 11 is 1.48. The van der Waals surface area contributed by atoms with Gasteiger partial charge < -0.3 is 20.3 Å². The van der Waals surface area contributed by atoms with Crippen molar-refractivity contribution in [2.75, 3.05) is 38.7 Å². The molecule has 25 heavy (non-hydrogen) atoms. The molecule has 8 heteroatoms. The summed E-state index contributed by atoms with van der Waals surface area (Å²) in [5.41, 5.74) is -0.720. The number of rotatable bonds is 7. The summed E-state index contributed by atoms with van der Waals surface area (Å²) < 4.78 is 5.01. The lowest BCUT2D eigenvalue weighted by atomic mass is 9.82. The average Bonchev–Trinajstić information content (AvgIpc) is 3.06. The molecule has 2 fully saturated rings. The van der Waals surface area contributed by atoms with Crippen molar-refractivity contribution < 1.29 is 14.3 Å². The van der Waals surface area contributed by atoms with Crippen molar-refractivity contribution in [3.05, 3.63) is 11.6 Å². The fourth-order valence-electron chi connectivity index (χ4n) is 3.36. The van der Waals surface area contributed by atoms with Crippen LogP contribution in [0.15, 0.2) is 11.6 Å². The number of piperidine rings is 1. The number of amides is 2. The topological polar surface area (TPSA) is 83.6 Å². The molecule has 3 rings (SSSR count). The predicted molar refractivity (Wildman–Crippen MR) is 96.5 cm³/mol. The van der Waals surface area contributed by atoms with E-state index in [2.05, 4.69) is 15.6 Å². The Bertz CT molecular complexity index is 581. The Balaban J connectivity index is 1.65. The Morgan fingerprint density at radius 3 is 2.72 bits per heavy atom. The number of carbonyl (C=O) groups is 2. The molecule has 1 aromatic rings. The third kappa shape index (κ3) is 4.12. The highest BCUT2D eigenvalue weighted by Crippen LogP contribution is 2.32. The van der Waals surface area contributed by atoms with Crippen molar-refractivity contribution in [1.29, 1.82) is 0 Å². The number of nitrogens with one attached hydrogen (secondary N) is 2. The monoisotopic (exact) mass is 366 g/mol. The number of likely N-dealkylation sites (tertiary alicyclic amines) is 1. The van der Waals surface area contributed by atoms with Gasteiger partial charge >= 0.3 is 0 Å². The molecule has 0 aromatic carbocycles. The lowest BCUT2D eigenvalue weighted by molar-refractivity contribution is -0.141. The third-order valence-corrected chi connectivity index (χ3v) is 5.88. The number of nitrogens with zero attached hydrogens (tertiary/aromatic N) is 2. The zero-order chi connectivity index (χ0) is 17.7. The van der Waals surface area contributed by atoms with Crippen LogP contribution in [0, 0.1) is 5.92 Å². The van der Waals surface area contributed by atoms with E-state index in [9.17, 15) is 9.59 Å². The molecule has 2 aliphatic rings. The maximum atomic E-state index is 12.8. The van der Waals surface area contributed by atoms with Gasteiger partial charge in [-0.1, -0.05) is 6.42 Å². The van der Waals surface area contributed by atoms with Gasteiger partial charge in [0.25, 0.3) is 0 Å². The summed E-state index contributed by atoms with van der Waals surface area (Å²) in [5.74, 6) is 0.416. The maximum absolute atomic E-state index is 12.8. The number of thiazole rings is 1. The minimum absolute atomic E-state index is 0.0458. The van der Waals surface area contributed by atoms with Crippen LogP contribution >= 0.6 is 11.3 Å². The normalized spacial score (nSPS) is 20.0. The average molecular weight is 366 g/mol. The molecule has 1 aromatic heterocycles. The molecular weight excluding hydrogens is 340 g/mol. The van der Waals surface area contributed by atoms with Crippen LogP contribution in [0.1, 0.15) is 32.1 Å². The number of hydrogen-bond acceptors (Lipinski definition) is 6. The number of anilines is 1. The Morgan fingerprint density at radius 2 is 2.16 bits per heavy atom. The molecule has 0 unspecified atom stereocenters. The minimum atomic E-state index is -0.720. The lowest BCUT2D eigenvalue weighted by Crippen LogP contribution is -2.60. The van der Waals surface area contributed by atoms with Crippen molar-refractivity contribution in [1.82, 2.24) is 15.2 Å². The molecule has 7 nitrogen and oxygen atoms in total. The molecule has 138 valence electrons. The number of aromatic nitrogens is 1. The summed E-state index contributed by atoms with van der Waals surface area (Å²) in [6.45, 7) is 2.16. The lowest BCUT2D eigenvalue weighted by Gasteiger charge is -2.42. The standard InChI is InChI=1S/C17H26N4O3S/c1-24-11-7-18-15(23)17(20-16-19-8-12-25-16)5-9-21(10-6-17)14(22)13-3-2-4-13/h8,12-13H,2-7,9-11H2,1H3,(H,18,23)(H,19,20).